The molecule has 186 valence electrons. The number of amides is 2. The molecule has 5 rings (SSSR count). The smallest absolute Gasteiger partial charge is 0.335 e. The van der Waals surface area contributed by atoms with Crippen LogP contribution >= 0.6 is 11.8 Å². The van der Waals surface area contributed by atoms with Gasteiger partial charge >= 0.3 is 5.97 Å². The number of hydrazone groups is 1. The van der Waals surface area contributed by atoms with Crippen LogP contribution in [0, 0.1) is 6.92 Å². The number of anilines is 1. The molecule has 2 aliphatic rings. The van der Waals surface area contributed by atoms with Crippen LogP contribution in [-0.4, -0.2) is 44.0 Å². The van der Waals surface area contributed by atoms with Gasteiger partial charge in [0.2, 0.25) is 5.91 Å². The lowest BCUT2D eigenvalue weighted by molar-refractivity contribution is -0.121. The number of carbonyl (C=O) groups is 3. The van der Waals surface area contributed by atoms with Gasteiger partial charge in [0.1, 0.15) is 5.25 Å². The number of aryl methyl sites for hydroxylation is 1. The fourth-order valence-electron chi connectivity index (χ4n) is 4.22. The maximum Gasteiger partial charge on any atom is 0.335 e. The summed E-state index contributed by atoms with van der Waals surface area (Å²) in [6.45, 7) is 2.04. The molecule has 0 bridgehead atoms. The summed E-state index contributed by atoms with van der Waals surface area (Å²) in [5.41, 5.74) is 4.75. The zero-order valence-corrected chi connectivity index (χ0v) is 20.8. The Bertz CT molecular complexity index is 1400. The molecule has 0 saturated heterocycles. The van der Waals surface area contributed by atoms with Gasteiger partial charge < -0.3 is 10.4 Å². The molecule has 9 heteroatoms. The maximum atomic E-state index is 12.8. The molecule has 0 aliphatic carbocycles. The van der Waals surface area contributed by atoms with Crippen LogP contribution in [0.15, 0.2) is 89.0 Å². The lowest BCUT2D eigenvalue weighted by Gasteiger charge is -2.23. The Balaban J connectivity index is 1.31. The van der Waals surface area contributed by atoms with Crippen LogP contribution in [-0.2, 0) is 9.59 Å². The minimum Gasteiger partial charge on any atom is -0.478 e. The molecule has 3 aromatic rings. The molecule has 2 atom stereocenters. The fraction of sp³-hybridized carbons (Fsp3) is 0.179. The van der Waals surface area contributed by atoms with Crippen molar-refractivity contribution in [1.82, 2.24) is 5.01 Å². The summed E-state index contributed by atoms with van der Waals surface area (Å²) in [7, 11) is 0. The number of amidine groups is 1. The summed E-state index contributed by atoms with van der Waals surface area (Å²) in [4.78, 5) is 40.7. The van der Waals surface area contributed by atoms with Gasteiger partial charge in [0, 0.05) is 18.5 Å². The molecule has 2 heterocycles. The number of aromatic carboxylic acids is 1. The summed E-state index contributed by atoms with van der Waals surface area (Å²) in [6, 6.07) is 23.9. The number of thioether (sulfide) groups is 1. The van der Waals surface area contributed by atoms with Crippen LogP contribution in [0.3, 0.4) is 0 Å². The van der Waals surface area contributed by atoms with Crippen molar-refractivity contribution in [1.29, 1.82) is 0 Å². The van der Waals surface area contributed by atoms with Gasteiger partial charge in [-0.05, 0) is 42.3 Å². The number of hydrogen-bond donors (Lipinski definition) is 2. The third kappa shape index (κ3) is 5.46. The molecular weight excluding hydrogens is 488 g/mol. The van der Waals surface area contributed by atoms with Crippen molar-refractivity contribution >= 4 is 46.1 Å². The number of nitrogens with one attached hydrogen (secondary N) is 1. The first kappa shape index (κ1) is 24.5. The van der Waals surface area contributed by atoms with Crippen molar-refractivity contribution in [2.45, 2.75) is 31.1 Å². The molecule has 0 radical (unpaired) electrons. The van der Waals surface area contributed by atoms with E-state index in [0.29, 0.717) is 17.3 Å². The van der Waals surface area contributed by atoms with E-state index in [0.717, 1.165) is 16.8 Å². The molecule has 8 nitrogen and oxygen atoms in total. The largest absolute Gasteiger partial charge is 0.478 e. The molecule has 3 aromatic carbocycles. The topological polar surface area (TPSA) is 111 Å². The van der Waals surface area contributed by atoms with E-state index in [1.165, 1.54) is 41.6 Å². The van der Waals surface area contributed by atoms with Crippen molar-refractivity contribution in [3.63, 3.8) is 0 Å². The van der Waals surface area contributed by atoms with Gasteiger partial charge in [-0.3, -0.25) is 9.59 Å². The second kappa shape index (κ2) is 10.4. The normalized spacial score (nSPS) is 18.9. The monoisotopic (exact) mass is 512 g/mol. The number of nitrogens with zero attached hydrogens (tertiary/aromatic N) is 3. The second-order valence-electron chi connectivity index (χ2n) is 8.86. The second-order valence-corrected chi connectivity index (χ2v) is 10.0. The van der Waals surface area contributed by atoms with E-state index in [1.807, 2.05) is 61.5 Å². The van der Waals surface area contributed by atoms with Gasteiger partial charge in [-0.2, -0.15) is 10.1 Å². The summed E-state index contributed by atoms with van der Waals surface area (Å²) >= 11 is 1.24. The van der Waals surface area contributed by atoms with Crippen LogP contribution < -0.4 is 5.32 Å². The van der Waals surface area contributed by atoms with Crippen molar-refractivity contribution < 1.29 is 19.5 Å². The molecule has 0 spiro atoms. The highest BCUT2D eigenvalue weighted by atomic mass is 32.2. The minimum absolute atomic E-state index is 0.0600. The standard InChI is InChI=1S/C28H24N4O4S/c1-17-7-9-18(10-8-17)22-15-23(19-5-3-2-4-6-19)32(31-22)28-30-26(34)24(37-28)16-25(33)29-21-13-11-20(12-14-21)27(35)36/h2-14,23-24H,15-16H2,1H3,(H,29,33)(H,35,36)/t23-,24-/m1/s1. The number of carboxylic acids is 1. The van der Waals surface area contributed by atoms with Gasteiger partial charge in [0.15, 0.2) is 5.17 Å². The first-order valence-electron chi connectivity index (χ1n) is 11.8. The van der Waals surface area contributed by atoms with Crippen LogP contribution in [0.1, 0.15) is 45.9 Å². The Morgan fingerprint density at radius 1 is 1.03 bits per heavy atom. The third-order valence-corrected chi connectivity index (χ3v) is 7.33. The van der Waals surface area contributed by atoms with Crippen molar-refractivity contribution in [2.75, 3.05) is 5.32 Å². The maximum absolute atomic E-state index is 12.8. The van der Waals surface area contributed by atoms with Crippen LogP contribution in [0.5, 0.6) is 0 Å². The number of aliphatic imine (C=N–C) groups is 1. The highest BCUT2D eigenvalue weighted by Crippen LogP contribution is 2.38. The predicted molar refractivity (Wildman–Crippen MR) is 144 cm³/mol. The van der Waals surface area contributed by atoms with Gasteiger partial charge in [-0.15, -0.1) is 0 Å². The lowest BCUT2D eigenvalue weighted by Crippen LogP contribution is -2.25. The van der Waals surface area contributed by atoms with Gasteiger partial charge in [-0.25, -0.2) is 9.80 Å². The quantitative estimate of drug-likeness (QED) is 0.487. The number of benzene rings is 3. The van der Waals surface area contributed by atoms with E-state index in [2.05, 4.69) is 10.3 Å². The first-order valence-corrected chi connectivity index (χ1v) is 12.7. The third-order valence-electron chi connectivity index (χ3n) is 6.19. The van der Waals surface area contributed by atoms with E-state index in [1.54, 1.807) is 5.01 Å². The van der Waals surface area contributed by atoms with Gasteiger partial charge in [0.25, 0.3) is 5.91 Å². The Kier molecular flexibility index (Phi) is 6.87. The van der Waals surface area contributed by atoms with E-state index < -0.39 is 11.2 Å². The zero-order valence-electron chi connectivity index (χ0n) is 20.0. The Morgan fingerprint density at radius 3 is 2.41 bits per heavy atom. The van der Waals surface area contributed by atoms with E-state index in [9.17, 15) is 14.4 Å². The molecule has 0 saturated carbocycles. The average molecular weight is 513 g/mol. The fourth-order valence-corrected chi connectivity index (χ4v) is 5.28. The van der Waals surface area contributed by atoms with Gasteiger partial charge in [0.05, 0.1) is 17.3 Å². The summed E-state index contributed by atoms with van der Waals surface area (Å²) < 4.78 is 0. The minimum atomic E-state index is -1.04. The summed E-state index contributed by atoms with van der Waals surface area (Å²) in [5, 5.41) is 18.2. The number of hydrogen-bond acceptors (Lipinski definition) is 6. The average Bonchev–Trinajstić information content (AvgIpc) is 3.49. The van der Waals surface area contributed by atoms with Crippen molar-refractivity contribution in [2.24, 2.45) is 10.1 Å². The van der Waals surface area contributed by atoms with Crippen LogP contribution in [0.25, 0.3) is 0 Å². The highest BCUT2D eigenvalue weighted by Gasteiger charge is 2.39. The molecule has 2 amide bonds. The molecule has 2 N–H and O–H groups in total. The molecule has 0 unspecified atom stereocenters. The molecule has 2 aliphatic heterocycles. The van der Waals surface area contributed by atoms with Crippen molar-refractivity contribution in [3.8, 4) is 0 Å². The zero-order chi connectivity index (χ0) is 25.9. The number of carboxylic acid groups (broad SMARTS) is 1. The molecule has 0 fully saturated rings. The van der Waals surface area contributed by atoms with E-state index >= 15 is 0 Å². The van der Waals surface area contributed by atoms with E-state index in [4.69, 9.17) is 10.2 Å². The molecule has 37 heavy (non-hydrogen) atoms. The summed E-state index contributed by atoms with van der Waals surface area (Å²) in [6.07, 6.45) is 0.605. The molecular formula is C28H24N4O4S. The Hall–Kier alpha value is -4.24. The lowest BCUT2D eigenvalue weighted by atomic mass is 9.98. The Labute approximate surface area is 218 Å². The van der Waals surface area contributed by atoms with Crippen molar-refractivity contribution in [3.05, 3.63) is 101 Å². The first-order chi connectivity index (χ1) is 17.9. The Morgan fingerprint density at radius 2 is 1.73 bits per heavy atom. The van der Waals surface area contributed by atoms with Gasteiger partial charge in [-0.1, -0.05) is 71.9 Å². The predicted octanol–water partition coefficient (Wildman–Crippen LogP) is 4.87. The number of carbonyl (C=O) groups excluding carboxylic acids is 2. The number of rotatable bonds is 6. The highest BCUT2D eigenvalue weighted by molar-refractivity contribution is 8.15. The van der Waals surface area contributed by atoms with E-state index in [-0.39, 0.29) is 29.8 Å². The summed E-state index contributed by atoms with van der Waals surface area (Å²) in [5.74, 6) is -1.77. The van der Waals surface area contributed by atoms with Crippen LogP contribution in [0.2, 0.25) is 0 Å². The SMILES string of the molecule is Cc1ccc(C2=NN(C3=NC(=O)[C@@H](CC(=O)Nc4ccc(C(=O)O)cc4)S3)[C@@H](c3ccccc3)C2)cc1. The molecule has 0 aromatic heterocycles. The van der Waals surface area contributed by atoms with Crippen LogP contribution in [0.4, 0.5) is 5.69 Å².